The average molecular weight is 292 g/mol. The van der Waals surface area contributed by atoms with Crippen molar-refractivity contribution in [3.63, 3.8) is 0 Å². The van der Waals surface area contributed by atoms with Crippen molar-refractivity contribution in [2.24, 2.45) is 0 Å². The van der Waals surface area contributed by atoms with Crippen LogP contribution in [-0.4, -0.2) is 20.9 Å². The Balaban J connectivity index is 1.99. The minimum Gasteiger partial charge on any atom is -0.360 e. The Kier molecular flexibility index (Phi) is 4.68. The normalized spacial score (nSPS) is 10.6. The number of nitrogens with one attached hydrogen (secondary N) is 2. The van der Waals surface area contributed by atoms with E-state index in [0.717, 1.165) is 5.69 Å². The number of thiocarbonyl (C=S) groups is 1. The van der Waals surface area contributed by atoms with Gasteiger partial charge in [-0.3, -0.25) is 4.68 Å². The van der Waals surface area contributed by atoms with E-state index in [1.807, 2.05) is 19.9 Å². The van der Waals surface area contributed by atoms with E-state index in [9.17, 15) is 4.39 Å². The number of rotatable bonds is 4. The Labute approximate surface area is 123 Å². The van der Waals surface area contributed by atoms with Gasteiger partial charge in [-0.05, 0) is 32.1 Å². The standard InChI is InChI=1S/C14H17FN4S/c1-10(2)17-14(20)18-12-7-16-19(9-12)8-11-5-3-4-6-13(11)15/h3-7,9-10H,8H2,1-2H3,(H2,17,18,20). The number of hydrogen-bond donors (Lipinski definition) is 2. The molecule has 2 rings (SSSR count). The van der Waals surface area contributed by atoms with Crippen molar-refractivity contribution >= 4 is 23.0 Å². The second-order valence-electron chi connectivity index (χ2n) is 4.77. The van der Waals surface area contributed by atoms with E-state index in [1.54, 1.807) is 29.2 Å². The van der Waals surface area contributed by atoms with E-state index in [0.29, 0.717) is 17.2 Å². The molecule has 20 heavy (non-hydrogen) atoms. The van der Waals surface area contributed by atoms with Crippen molar-refractivity contribution in [1.82, 2.24) is 15.1 Å². The molecule has 106 valence electrons. The molecular formula is C14H17FN4S. The van der Waals surface area contributed by atoms with Crippen LogP contribution in [0.3, 0.4) is 0 Å². The highest BCUT2D eigenvalue weighted by Gasteiger charge is 2.05. The first-order valence-corrected chi connectivity index (χ1v) is 6.79. The van der Waals surface area contributed by atoms with Gasteiger partial charge in [0.15, 0.2) is 5.11 Å². The summed E-state index contributed by atoms with van der Waals surface area (Å²) < 4.78 is 15.2. The molecule has 4 nitrogen and oxygen atoms in total. The molecule has 0 spiro atoms. The predicted octanol–water partition coefficient (Wildman–Crippen LogP) is 2.77. The molecule has 2 N–H and O–H groups in total. The highest BCUT2D eigenvalue weighted by atomic mass is 32.1. The van der Waals surface area contributed by atoms with Crippen LogP contribution < -0.4 is 10.6 Å². The summed E-state index contributed by atoms with van der Waals surface area (Å²) in [6.45, 7) is 4.41. The number of halogens is 1. The van der Waals surface area contributed by atoms with Gasteiger partial charge in [0.1, 0.15) is 5.82 Å². The van der Waals surface area contributed by atoms with Gasteiger partial charge < -0.3 is 10.6 Å². The maximum atomic E-state index is 13.5. The minimum absolute atomic E-state index is 0.227. The van der Waals surface area contributed by atoms with Crippen LogP contribution in [0.25, 0.3) is 0 Å². The summed E-state index contributed by atoms with van der Waals surface area (Å²) in [6, 6.07) is 6.94. The van der Waals surface area contributed by atoms with E-state index in [4.69, 9.17) is 12.2 Å². The molecule has 1 aromatic heterocycles. The molecule has 0 saturated heterocycles. The smallest absolute Gasteiger partial charge is 0.171 e. The predicted molar refractivity (Wildman–Crippen MR) is 82.2 cm³/mol. The number of anilines is 1. The lowest BCUT2D eigenvalue weighted by atomic mass is 10.2. The van der Waals surface area contributed by atoms with Crippen LogP contribution in [0.5, 0.6) is 0 Å². The summed E-state index contributed by atoms with van der Waals surface area (Å²) in [5.41, 5.74) is 1.38. The van der Waals surface area contributed by atoms with E-state index < -0.39 is 0 Å². The van der Waals surface area contributed by atoms with Crippen LogP contribution >= 0.6 is 12.2 Å². The number of aromatic nitrogens is 2. The first kappa shape index (κ1) is 14.5. The second-order valence-corrected chi connectivity index (χ2v) is 5.18. The molecule has 0 radical (unpaired) electrons. The summed E-state index contributed by atoms with van der Waals surface area (Å²) >= 11 is 5.15. The van der Waals surface area contributed by atoms with E-state index >= 15 is 0 Å². The first-order chi connectivity index (χ1) is 9.54. The molecule has 0 unspecified atom stereocenters. The Morgan fingerprint density at radius 2 is 2.15 bits per heavy atom. The monoisotopic (exact) mass is 292 g/mol. The van der Waals surface area contributed by atoms with Gasteiger partial charge in [0.05, 0.1) is 18.4 Å². The van der Waals surface area contributed by atoms with Gasteiger partial charge >= 0.3 is 0 Å². The Morgan fingerprint density at radius 1 is 1.40 bits per heavy atom. The third-order valence-corrected chi connectivity index (χ3v) is 2.82. The number of hydrogen-bond acceptors (Lipinski definition) is 2. The van der Waals surface area contributed by atoms with Crippen LogP contribution in [0.4, 0.5) is 10.1 Å². The van der Waals surface area contributed by atoms with Gasteiger partial charge in [-0.25, -0.2) is 4.39 Å². The summed E-state index contributed by atoms with van der Waals surface area (Å²) in [5, 5.41) is 10.9. The highest BCUT2D eigenvalue weighted by molar-refractivity contribution is 7.80. The van der Waals surface area contributed by atoms with Crippen molar-refractivity contribution in [2.45, 2.75) is 26.4 Å². The molecule has 0 bridgehead atoms. The van der Waals surface area contributed by atoms with Crippen LogP contribution in [0, 0.1) is 5.82 Å². The van der Waals surface area contributed by atoms with Crippen molar-refractivity contribution in [3.05, 3.63) is 48.0 Å². The molecule has 0 amide bonds. The van der Waals surface area contributed by atoms with Crippen molar-refractivity contribution < 1.29 is 4.39 Å². The first-order valence-electron chi connectivity index (χ1n) is 6.38. The largest absolute Gasteiger partial charge is 0.360 e. The van der Waals surface area contributed by atoms with Gasteiger partial charge in [-0.15, -0.1) is 0 Å². The van der Waals surface area contributed by atoms with Crippen LogP contribution in [0.1, 0.15) is 19.4 Å². The summed E-state index contributed by atoms with van der Waals surface area (Å²) in [5.74, 6) is -0.227. The lowest BCUT2D eigenvalue weighted by Crippen LogP contribution is -2.33. The summed E-state index contributed by atoms with van der Waals surface area (Å²) in [7, 11) is 0. The van der Waals surface area contributed by atoms with Crippen LogP contribution in [-0.2, 0) is 6.54 Å². The highest BCUT2D eigenvalue weighted by Crippen LogP contribution is 2.10. The maximum absolute atomic E-state index is 13.5. The van der Waals surface area contributed by atoms with Gasteiger partial charge in [0.25, 0.3) is 0 Å². The lowest BCUT2D eigenvalue weighted by Gasteiger charge is -2.11. The molecule has 6 heteroatoms. The fourth-order valence-electron chi connectivity index (χ4n) is 1.75. The molecule has 0 fully saturated rings. The summed E-state index contributed by atoms with van der Waals surface area (Å²) in [4.78, 5) is 0. The molecule has 0 aliphatic rings. The third kappa shape index (κ3) is 4.03. The molecule has 0 saturated carbocycles. The molecule has 1 heterocycles. The third-order valence-electron chi connectivity index (χ3n) is 2.60. The second kappa shape index (κ2) is 6.47. The molecular weight excluding hydrogens is 275 g/mol. The summed E-state index contributed by atoms with van der Waals surface area (Å²) in [6.07, 6.45) is 3.45. The van der Waals surface area contributed by atoms with Crippen molar-refractivity contribution in [1.29, 1.82) is 0 Å². The number of benzene rings is 1. The average Bonchev–Trinajstić information content (AvgIpc) is 2.78. The molecule has 1 aromatic carbocycles. The molecule has 0 atom stereocenters. The Bertz CT molecular complexity index is 594. The van der Waals surface area contributed by atoms with Crippen molar-refractivity contribution in [2.75, 3.05) is 5.32 Å². The van der Waals surface area contributed by atoms with Gasteiger partial charge in [-0.1, -0.05) is 18.2 Å². The zero-order chi connectivity index (χ0) is 14.5. The topological polar surface area (TPSA) is 41.9 Å². The molecule has 0 aliphatic heterocycles. The fourth-order valence-corrected chi connectivity index (χ4v) is 2.10. The number of nitrogens with zero attached hydrogens (tertiary/aromatic N) is 2. The Hall–Kier alpha value is -1.95. The van der Waals surface area contributed by atoms with E-state index in [2.05, 4.69) is 15.7 Å². The zero-order valence-corrected chi connectivity index (χ0v) is 12.2. The van der Waals surface area contributed by atoms with Crippen LogP contribution in [0.15, 0.2) is 36.7 Å². The quantitative estimate of drug-likeness (QED) is 0.850. The minimum atomic E-state index is -0.227. The van der Waals surface area contributed by atoms with E-state index in [1.165, 1.54) is 6.07 Å². The molecule has 0 aliphatic carbocycles. The zero-order valence-electron chi connectivity index (χ0n) is 11.4. The van der Waals surface area contributed by atoms with Gasteiger partial charge in [-0.2, -0.15) is 5.10 Å². The van der Waals surface area contributed by atoms with Gasteiger partial charge in [0.2, 0.25) is 0 Å². The van der Waals surface area contributed by atoms with Crippen LogP contribution in [0.2, 0.25) is 0 Å². The van der Waals surface area contributed by atoms with E-state index in [-0.39, 0.29) is 11.9 Å². The fraction of sp³-hybridized carbons (Fsp3) is 0.286. The Morgan fingerprint density at radius 3 is 2.85 bits per heavy atom. The lowest BCUT2D eigenvalue weighted by molar-refractivity contribution is 0.585. The molecule has 2 aromatic rings. The maximum Gasteiger partial charge on any atom is 0.171 e. The SMILES string of the molecule is CC(C)NC(=S)Nc1cnn(Cc2ccccc2F)c1. The van der Waals surface area contributed by atoms with Crippen molar-refractivity contribution in [3.8, 4) is 0 Å². The van der Waals surface area contributed by atoms with Gasteiger partial charge in [0, 0.05) is 17.8 Å².